The predicted octanol–water partition coefficient (Wildman–Crippen LogP) is 1.09. The van der Waals surface area contributed by atoms with Gasteiger partial charge >= 0.3 is 37.7 Å². The van der Waals surface area contributed by atoms with Crippen LogP contribution in [0, 0.1) is 12.3 Å². The molecule has 0 saturated carbocycles. The van der Waals surface area contributed by atoms with E-state index in [2.05, 4.69) is 128 Å². The molecule has 4 rings (SSSR count). The third-order valence-electron chi connectivity index (χ3n) is 5.12. The first kappa shape index (κ1) is 24.2. The first-order valence-corrected chi connectivity index (χ1v) is 9.82. The topological polar surface area (TPSA) is 0 Å². The maximum atomic E-state index is 2.44. The molecule has 0 saturated heterocycles. The van der Waals surface area contributed by atoms with Crippen molar-refractivity contribution in [1.82, 2.24) is 0 Å². The van der Waals surface area contributed by atoms with Gasteiger partial charge in [-0.2, -0.15) is 6.42 Å². The van der Waals surface area contributed by atoms with E-state index < -0.39 is 0 Å². The van der Waals surface area contributed by atoms with Gasteiger partial charge in [0.05, 0.1) is 0 Å². The second-order valence-electron chi connectivity index (χ2n) is 6.95. The van der Waals surface area contributed by atoms with Crippen LogP contribution in [-0.4, -0.2) is 0 Å². The maximum Gasteiger partial charge on any atom is 1.00 e. The molecule has 0 aromatic heterocycles. The van der Waals surface area contributed by atoms with E-state index in [9.17, 15) is 0 Å². The third kappa shape index (κ3) is 6.22. The Labute approximate surface area is 205 Å². The van der Waals surface area contributed by atoms with Crippen molar-refractivity contribution in [3.8, 4) is 0 Å². The molecule has 0 bridgehead atoms. The Balaban J connectivity index is 0.00000160. The molecule has 4 aromatic rings. The van der Waals surface area contributed by atoms with Crippen LogP contribution >= 0.6 is 0 Å². The fourth-order valence-corrected chi connectivity index (χ4v) is 3.70. The minimum atomic E-state index is 0. The van der Waals surface area contributed by atoms with E-state index in [4.69, 9.17) is 0 Å². The van der Waals surface area contributed by atoms with Gasteiger partial charge in [-0.1, -0.05) is 108 Å². The van der Waals surface area contributed by atoms with Crippen LogP contribution in [0.15, 0.2) is 121 Å². The summed E-state index contributed by atoms with van der Waals surface area (Å²) in [6, 6.07) is 43.0. The zero-order valence-corrected chi connectivity index (χ0v) is 17.9. The molecule has 0 spiro atoms. The molecule has 2 heteroatoms. The summed E-state index contributed by atoms with van der Waals surface area (Å²) in [5.74, 6) is 1.63. The van der Waals surface area contributed by atoms with Crippen molar-refractivity contribution in [2.75, 3.05) is 0 Å². The quantitative estimate of drug-likeness (QED) is 0.336. The van der Waals surface area contributed by atoms with Gasteiger partial charge in [-0.3, -0.25) is 0 Å². The van der Waals surface area contributed by atoms with Gasteiger partial charge in [0.25, 0.3) is 0 Å². The fraction of sp³-hybridized carbons (Fsp3) is 0.0714. The van der Waals surface area contributed by atoms with Crippen LogP contribution in [0.2, 0.25) is 0 Å². The summed E-state index contributed by atoms with van der Waals surface area (Å²) in [6.45, 7) is 0. The van der Waals surface area contributed by atoms with Crippen LogP contribution in [0.25, 0.3) is 0 Å². The second-order valence-corrected chi connectivity index (χ2v) is 6.95. The summed E-state index contributed by atoms with van der Waals surface area (Å²) in [7, 11) is 0. The zero-order chi connectivity index (χ0) is 19.0. The van der Waals surface area contributed by atoms with Gasteiger partial charge in [0, 0.05) is 0 Å². The molecule has 0 unspecified atom stereocenters. The van der Waals surface area contributed by atoms with Crippen LogP contribution < -0.4 is 37.7 Å². The Kier molecular flexibility index (Phi) is 10.2. The van der Waals surface area contributed by atoms with Crippen LogP contribution in [-0.2, 0) is 0 Å². The van der Waals surface area contributed by atoms with Crippen molar-refractivity contribution in [2.24, 2.45) is 0 Å². The molecule has 0 fully saturated rings. The minimum absolute atomic E-state index is 0. The Hall–Kier alpha value is -2.06. The molecule has 0 aliphatic rings. The molecule has 0 radical (unpaired) electrons. The van der Waals surface area contributed by atoms with Gasteiger partial charge in [0.2, 0.25) is 0 Å². The second kappa shape index (κ2) is 12.6. The van der Waals surface area contributed by atoms with E-state index in [-0.39, 0.29) is 43.6 Å². The Morgan fingerprint density at radius 1 is 0.500 bits per heavy atom. The summed E-state index contributed by atoms with van der Waals surface area (Å²) in [5.41, 5.74) is 5.22. The van der Waals surface area contributed by atoms with Crippen LogP contribution in [0.5, 0.6) is 0 Å². The van der Waals surface area contributed by atoms with Crippen molar-refractivity contribution in [3.63, 3.8) is 0 Å². The van der Waals surface area contributed by atoms with Crippen molar-refractivity contribution in [3.05, 3.63) is 156 Å². The summed E-state index contributed by atoms with van der Waals surface area (Å²) in [4.78, 5) is 0. The SMILES string of the molecule is [Li+].[Li+].c1ccc([C-](C[CH-]C(c2ccccc2)c2ccccc2)c2ccccc2)cc1. The van der Waals surface area contributed by atoms with Crippen LogP contribution in [0.1, 0.15) is 34.6 Å². The first-order valence-electron chi connectivity index (χ1n) is 9.82. The molecule has 138 valence electrons. The Bertz CT molecular complexity index is 792. The summed E-state index contributed by atoms with van der Waals surface area (Å²) < 4.78 is 0. The van der Waals surface area contributed by atoms with E-state index in [1.54, 1.807) is 0 Å². The molecular weight excluding hydrogens is 350 g/mol. The van der Waals surface area contributed by atoms with E-state index in [1.807, 2.05) is 0 Å². The fourth-order valence-electron chi connectivity index (χ4n) is 3.70. The van der Waals surface area contributed by atoms with Gasteiger partial charge in [-0.25, -0.2) is 0 Å². The number of hydrogen-bond acceptors (Lipinski definition) is 0. The monoisotopic (exact) mass is 374 g/mol. The van der Waals surface area contributed by atoms with E-state index in [1.165, 1.54) is 28.2 Å². The van der Waals surface area contributed by atoms with Crippen LogP contribution in [0.4, 0.5) is 0 Å². The molecule has 0 atom stereocenters. The summed E-state index contributed by atoms with van der Waals surface area (Å²) >= 11 is 0. The van der Waals surface area contributed by atoms with Gasteiger partial charge in [0.1, 0.15) is 0 Å². The molecule has 0 aliphatic heterocycles. The normalized spacial score (nSPS) is 10.0. The number of benzene rings is 4. The smallest absolute Gasteiger partial charge is 0.320 e. The van der Waals surface area contributed by atoms with Gasteiger partial charge in [-0.05, 0) is 0 Å². The third-order valence-corrected chi connectivity index (χ3v) is 5.12. The molecule has 0 N–H and O–H groups in total. The number of rotatable bonds is 7. The predicted molar refractivity (Wildman–Crippen MR) is 118 cm³/mol. The van der Waals surface area contributed by atoms with E-state index in [0.29, 0.717) is 0 Å². The van der Waals surface area contributed by atoms with E-state index in [0.717, 1.165) is 6.42 Å². The van der Waals surface area contributed by atoms with Crippen molar-refractivity contribution >= 4 is 0 Å². The maximum absolute atomic E-state index is 2.44. The number of hydrogen-bond donors (Lipinski definition) is 0. The zero-order valence-electron chi connectivity index (χ0n) is 17.9. The molecule has 0 heterocycles. The molecule has 30 heavy (non-hydrogen) atoms. The van der Waals surface area contributed by atoms with Gasteiger partial charge in [-0.15, -0.1) is 47.2 Å². The molecule has 4 aromatic carbocycles. The van der Waals surface area contributed by atoms with Crippen LogP contribution in [0.3, 0.4) is 0 Å². The average molecular weight is 374 g/mol. The summed E-state index contributed by atoms with van der Waals surface area (Å²) in [6.07, 6.45) is 3.35. The van der Waals surface area contributed by atoms with Gasteiger partial charge in [0.15, 0.2) is 0 Å². The minimum Gasteiger partial charge on any atom is -0.320 e. The Morgan fingerprint density at radius 3 is 1.20 bits per heavy atom. The molecule has 0 nitrogen and oxygen atoms in total. The van der Waals surface area contributed by atoms with Crippen molar-refractivity contribution in [1.29, 1.82) is 0 Å². The average Bonchev–Trinajstić information content (AvgIpc) is 2.79. The first-order chi connectivity index (χ1) is 13.9. The summed E-state index contributed by atoms with van der Waals surface area (Å²) in [5, 5.41) is 0. The Morgan fingerprint density at radius 2 is 0.833 bits per heavy atom. The van der Waals surface area contributed by atoms with Gasteiger partial charge < -0.3 is 6.42 Å². The van der Waals surface area contributed by atoms with E-state index >= 15 is 0 Å². The molecular formula is C28H24Li2. The molecule has 0 amide bonds. The van der Waals surface area contributed by atoms with Crippen molar-refractivity contribution in [2.45, 2.75) is 12.3 Å². The standard InChI is InChI=1S/C28H24.2Li/c1-5-13-23(14-6-1)27(24-15-7-2-8-16-24)21-22-28(25-17-9-3-10-18-25)26-19-11-4-12-20-26;;/h1-21,27H,22H2;;/q-2;2*+1. The molecule has 0 aliphatic carbocycles. The van der Waals surface area contributed by atoms with Crippen molar-refractivity contribution < 1.29 is 37.7 Å². The largest absolute Gasteiger partial charge is 1.00 e.